The molecule has 0 bridgehead atoms. The summed E-state index contributed by atoms with van der Waals surface area (Å²) >= 11 is 0. The molecule has 0 spiro atoms. The van der Waals surface area contributed by atoms with Gasteiger partial charge in [0.2, 0.25) is 0 Å². The molecule has 0 aromatic carbocycles. The molecule has 21 heavy (non-hydrogen) atoms. The van der Waals surface area contributed by atoms with Gasteiger partial charge in [0, 0.05) is 23.8 Å². The highest BCUT2D eigenvalue weighted by Crippen LogP contribution is 2.32. The topological polar surface area (TPSA) is 55.3 Å². The summed E-state index contributed by atoms with van der Waals surface area (Å²) in [6.45, 7) is 5.61. The Balaban J connectivity index is 1.94. The Morgan fingerprint density at radius 1 is 1.29 bits per heavy atom. The van der Waals surface area contributed by atoms with Gasteiger partial charge < -0.3 is 4.74 Å². The molecule has 1 aliphatic carbocycles. The van der Waals surface area contributed by atoms with Crippen molar-refractivity contribution >= 4 is 22.8 Å². The van der Waals surface area contributed by atoms with E-state index in [2.05, 4.69) is 9.97 Å². The van der Waals surface area contributed by atoms with Gasteiger partial charge in [-0.3, -0.25) is 9.88 Å². The standard InChI is InChI=1S/C16H19N3O2/c1-16(2,3)21-15(20)19(12-5-6-12)14-7-4-11-10-17-9-8-13(11)18-14/h4,7-10,12H,5-6H2,1-3H3. The van der Waals surface area contributed by atoms with Gasteiger partial charge in [-0.05, 0) is 51.8 Å². The van der Waals surface area contributed by atoms with Gasteiger partial charge in [0.05, 0.1) is 5.52 Å². The number of pyridine rings is 2. The van der Waals surface area contributed by atoms with Gasteiger partial charge in [-0.15, -0.1) is 0 Å². The van der Waals surface area contributed by atoms with E-state index >= 15 is 0 Å². The highest BCUT2D eigenvalue weighted by molar-refractivity contribution is 5.90. The van der Waals surface area contributed by atoms with E-state index in [9.17, 15) is 4.79 Å². The maximum Gasteiger partial charge on any atom is 0.416 e. The fourth-order valence-corrected chi connectivity index (χ4v) is 2.16. The third-order valence-corrected chi connectivity index (χ3v) is 3.22. The molecule has 5 nitrogen and oxygen atoms in total. The zero-order chi connectivity index (χ0) is 15.0. The zero-order valence-electron chi connectivity index (χ0n) is 12.5. The molecule has 5 heteroatoms. The summed E-state index contributed by atoms with van der Waals surface area (Å²) in [6.07, 6.45) is 5.13. The van der Waals surface area contributed by atoms with Crippen LogP contribution in [0, 0.1) is 0 Å². The predicted octanol–water partition coefficient (Wildman–Crippen LogP) is 3.53. The second-order valence-corrected chi connectivity index (χ2v) is 6.32. The number of ether oxygens (including phenoxy) is 1. The smallest absolute Gasteiger partial charge is 0.416 e. The summed E-state index contributed by atoms with van der Waals surface area (Å²) in [6, 6.07) is 5.84. The van der Waals surface area contributed by atoms with Crippen LogP contribution in [0.2, 0.25) is 0 Å². The second-order valence-electron chi connectivity index (χ2n) is 6.32. The summed E-state index contributed by atoms with van der Waals surface area (Å²) < 4.78 is 5.50. The average Bonchev–Trinajstić information content (AvgIpc) is 3.21. The van der Waals surface area contributed by atoms with Crippen molar-refractivity contribution in [3.63, 3.8) is 0 Å². The third kappa shape index (κ3) is 3.12. The molecule has 1 saturated carbocycles. The van der Waals surface area contributed by atoms with Crippen LogP contribution in [0.1, 0.15) is 33.6 Å². The number of rotatable bonds is 2. The summed E-state index contributed by atoms with van der Waals surface area (Å²) in [5.41, 5.74) is 0.321. The minimum atomic E-state index is -0.509. The quantitative estimate of drug-likeness (QED) is 0.847. The Morgan fingerprint density at radius 2 is 2.05 bits per heavy atom. The maximum absolute atomic E-state index is 12.4. The van der Waals surface area contributed by atoms with Crippen molar-refractivity contribution in [3.8, 4) is 0 Å². The number of amides is 1. The summed E-state index contributed by atoms with van der Waals surface area (Å²) in [5.74, 6) is 0.644. The number of carbonyl (C=O) groups is 1. The summed E-state index contributed by atoms with van der Waals surface area (Å²) in [4.78, 5) is 22.7. The lowest BCUT2D eigenvalue weighted by atomic mass is 10.2. The van der Waals surface area contributed by atoms with Gasteiger partial charge in [0.25, 0.3) is 0 Å². The highest BCUT2D eigenvalue weighted by Gasteiger charge is 2.37. The van der Waals surface area contributed by atoms with Crippen molar-refractivity contribution in [2.45, 2.75) is 45.3 Å². The van der Waals surface area contributed by atoms with Crippen LogP contribution in [-0.4, -0.2) is 27.7 Å². The van der Waals surface area contributed by atoms with Crippen LogP contribution in [0.4, 0.5) is 10.6 Å². The first-order valence-electron chi connectivity index (χ1n) is 7.17. The Kier molecular flexibility index (Phi) is 3.27. The molecule has 0 aliphatic heterocycles. The minimum absolute atomic E-state index is 0.201. The van der Waals surface area contributed by atoms with Crippen molar-refractivity contribution in [2.24, 2.45) is 0 Å². The number of hydrogen-bond donors (Lipinski definition) is 0. The lowest BCUT2D eigenvalue weighted by Crippen LogP contribution is -2.38. The SMILES string of the molecule is CC(C)(C)OC(=O)N(c1ccc2cnccc2n1)C1CC1. The lowest BCUT2D eigenvalue weighted by Gasteiger charge is -2.26. The normalized spacial score (nSPS) is 15.0. The van der Waals surface area contributed by atoms with E-state index in [1.54, 1.807) is 17.3 Å². The molecule has 0 unspecified atom stereocenters. The van der Waals surface area contributed by atoms with Crippen molar-refractivity contribution in [3.05, 3.63) is 30.6 Å². The predicted molar refractivity (Wildman–Crippen MR) is 81.3 cm³/mol. The largest absolute Gasteiger partial charge is 0.443 e. The van der Waals surface area contributed by atoms with E-state index in [0.29, 0.717) is 5.82 Å². The molecule has 110 valence electrons. The van der Waals surface area contributed by atoms with E-state index in [-0.39, 0.29) is 12.1 Å². The Bertz CT molecular complexity index is 675. The number of aromatic nitrogens is 2. The third-order valence-electron chi connectivity index (χ3n) is 3.22. The molecule has 1 fully saturated rings. The number of carbonyl (C=O) groups excluding carboxylic acids is 1. The van der Waals surface area contributed by atoms with Gasteiger partial charge in [-0.1, -0.05) is 0 Å². The van der Waals surface area contributed by atoms with Crippen LogP contribution in [0.15, 0.2) is 30.6 Å². The Labute approximate surface area is 124 Å². The number of fused-ring (bicyclic) bond motifs is 1. The molecule has 2 heterocycles. The molecular weight excluding hydrogens is 266 g/mol. The molecule has 1 aliphatic rings. The first-order chi connectivity index (χ1) is 9.94. The molecule has 0 atom stereocenters. The Morgan fingerprint density at radius 3 is 2.71 bits per heavy atom. The van der Waals surface area contributed by atoms with Gasteiger partial charge in [0.1, 0.15) is 11.4 Å². The average molecular weight is 285 g/mol. The molecule has 3 rings (SSSR count). The van der Waals surface area contributed by atoms with Crippen molar-refractivity contribution in [1.82, 2.24) is 9.97 Å². The molecule has 0 radical (unpaired) electrons. The van der Waals surface area contributed by atoms with Crippen LogP contribution < -0.4 is 4.90 Å². The molecule has 2 aromatic rings. The maximum atomic E-state index is 12.4. The van der Waals surface area contributed by atoms with E-state index in [1.807, 2.05) is 39.0 Å². The van der Waals surface area contributed by atoms with E-state index < -0.39 is 5.60 Å². The Hall–Kier alpha value is -2.17. The van der Waals surface area contributed by atoms with E-state index in [4.69, 9.17) is 4.74 Å². The fourth-order valence-electron chi connectivity index (χ4n) is 2.16. The number of anilines is 1. The lowest BCUT2D eigenvalue weighted by molar-refractivity contribution is 0.0576. The van der Waals surface area contributed by atoms with Crippen molar-refractivity contribution in [1.29, 1.82) is 0 Å². The monoisotopic (exact) mass is 285 g/mol. The van der Waals surface area contributed by atoms with Crippen LogP contribution in [0.25, 0.3) is 10.9 Å². The van der Waals surface area contributed by atoms with Gasteiger partial charge in [-0.25, -0.2) is 9.78 Å². The van der Waals surface area contributed by atoms with Crippen molar-refractivity contribution < 1.29 is 9.53 Å². The highest BCUT2D eigenvalue weighted by atomic mass is 16.6. The van der Waals surface area contributed by atoms with Gasteiger partial charge in [-0.2, -0.15) is 0 Å². The van der Waals surface area contributed by atoms with Crippen LogP contribution in [0.5, 0.6) is 0 Å². The minimum Gasteiger partial charge on any atom is -0.443 e. The fraction of sp³-hybridized carbons (Fsp3) is 0.438. The first-order valence-corrected chi connectivity index (χ1v) is 7.17. The second kappa shape index (κ2) is 4.98. The summed E-state index contributed by atoms with van der Waals surface area (Å²) in [5, 5.41) is 0.959. The van der Waals surface area contributed by atoms with E-state index in [1.165, 1.54) is 0 Å². The molecule has 2 aromatic heterocycles. The molecule has 0 saturated heterocycles. The van der Waals surface area contributed by atoms with Crippen LogP contribution in [0.3, 0.4) is 0 Å². The van der Waals surface area contributed by atoms with Gasteiger partial charge >= 0.3 is 6.09 Å². The summed E-state index contributed by atoms with van der Waals surface area (Å²) in [7, 11) is 0. The van der Waals surface area contributed by atoms with Crippen molar-refractivity contribution in [2.75, 3.05) is 4.90 Å². The number of hydrogen-bond acceptors (Lipinski definition) is 4. The molecular formula is C16H19N3O2. The first kappa shape index (κ1) is 13.8. The van der Waals surface area contributed by atoms with Gasteiger partial charge in [0.15, 0.2) is 0 Å². The zero-order valence-corrected chi connectivity index (χ0v) is 12.5. The van der Waals surface area contributed by atoms with E-state index in [0.717, 1.165) is 23.7 Å². The van der Waals surface area contributed by atoms with Crippen LogP contribution >= 0.6 is 0 Å². The molecule has 1 amide bonds. The number of nitrogens with zero attached hydrogens (tertiary/aromatic N) is 3. The van der Waals surface area contributed by atoms with Crippen LogP contribution in [-0.2, 0) is 4.74 Å². The molecule has 0 N–H and O–H groups in total.